The second-order valence-electron chi connectivity index (χ2n) is 4.37. The molecular weight excluding hydrogens is 309 g/mol. The van der Waals surface area contributed by atoms with Gasteiger partial charge in [-0.1, -0.05) is 23.8 Å². The Morgan fingerprint density at radius 1 is 1.21 bits per heavy atom. The van der Waals surface area contributed by atoms with Crippen molar-refractivity contribution < 1.29 is 9.18 Å². The lowest BCUT2D eigenvalue weighted by Gasteiger charge is -2.10. The van der Waals surface area contributed by atoms with Crippen LogP contribution in [0.25, 0.3) is 0 Å². The number of aryl methyl sites for hydroxylation is 2. The molecule has 0 aliphatic rings. The second kappa shape index (κ2) is 5.53. The molecule has 0 fully saturated rings. The van der Waals surface area contributed by atoms with Crippen LogP contribution in [0, 0.1) is 19.7 Å². The molecular formula is C15H13BrFNO. The number of hydrogen-bond acceptors (Lipinski definition) is 1. The van der Waals surface area contributed by atoms with Crippen molar-refractivity contribution in [2.24, 2.45) is 0 Å². The molecule has 2 aromatic rings. The molecule has 0 saturated heterocycles. The summed E-state index contributed by atoms with van der Waals surface area (Å²) in [5.74, 6) is -0.786. The molecule has 0 radical (unpaired) electrons. The van der Waals surface area contributed by atoms with Gasteiger partial charge in [0.05, 0.1) is 10.0 Å². The zero-order valence-corrected chi connectivity index (χ0v) is 12.2. The summed E-state index contributed by atoms with van der Waals surface area (Å²) < 4.78 is 13.6. The highest BCUT2D eigenvalue weighted by atomic mass is 79.9. The molecule has 0 aromatic heterocycles. The molecule has 1 N–H and O–H groups in total. The monoisotopic (exact) mass is 321 g/mol. The minimum absolute atomic E-state index is 0.178. The summed E-state index contributed by atoms with van der Waals surface area (Å²) in [5, 5.41) is 2.79. The normalized spacial score (nSPS) is 10.3. The number of amides is 1. The van der Waals surface area contributed by atoms with Crippen molar-refractivity contribution in [2.75, 3.05) is 5.32 Å². The highest BCUT2D eigenvalue weighted by Gasteiger charge is 2.13. The predicted octanol–water partition coefficient (Wildman–Crippen LogP) is 4.46. The Labute approximate surface area is 119 Å². The van der Waals surface area contributed by atoms with Crippen molar-refractivity contribution in [1.82, 2.24) is 0 Å². The molecule has 0 aliphatic carbocycles. The van der Waals surface area contributed by atoms with Crippen molar-refractivity contribution in [1.29, 1.82) is 0 Å². The van der Waals surface area contributed by atoms with Crippen LogP contribution in [0.15, 0.2) is 40.9 Å². The van der Waals surface area contributed by atoms with E-state index < -0.39 is 5.82 Å². The zero-order chi connectivity index (χ0) is 14.0. The average molecular weight is 322 g/mol. The fraction of sp³-hybridized carbons (Fsp3) is 0.133. The Hall–Kier alpha value is -1.68. The van der Waals surface area contributed by atoms with Crippen LogP contribution < -0.4 is 5.32 Å². The number of carbonyl (C=O) groups is 1. The standard InChI is InChI=1S/C15H13BrFNO/c1-9-6-7-13(10(2)8-9)18-15(19)11-4-3-5-12(17)14(11)16/h3-8H,1-2H3,(H,18,19). The maximum absolute atomic E-state index is 13.4. The lowest BCUT2D eigenvalue weighted by molar-refractivity contribution is 0.102. The van der Waals surface area contributed by atoms with Crippen LogP contribution in [0.4, 0.5) is 10.1 Å². The van der Waals surface area contributed by atoms with Gasteiger partial charge in [0.2, 0.25) is 0 Å². The van der Waals surface area contributed by atoms with Gasteiger partial charge in [0, 0.05) is 5.69 Å². The topological polar surface area (TPSA) is 29.1 Å². The molecule has 0 bridgehead atoms. The number of hydrogen-bond donors (Lipinski definition) is 1. The third kappa shape index (κ3) is 3.01. The van der Waals surface area contributed by atoms with Gasteiger partial charge < -0.3 is 5.32 Å². The summed E-state index contributed by atoms with van der Waals surface area (Å²) in [7, 11) is 0. The summed E-state index contributed by atoms with van der Waals surface area (Å²) in [6, 6.07) is 10.1. The average Bonchev–Trinajstić information content (AvgIpc) is 2.36. The number of nitrogens with one attached hydrogen (secondary N) is 1. The first-order chi connectivity index (χ1) is 8.99. The Morgan fingerprint density at radius 3 is 2.63 bits per heavy atom. The van der Waals surface area contributed by atoms with Gasteiger partial charge in [-0.05, 0) is 53.5 Å². The SMILES string of the molecule is Cc1ccc(NC(=O)c2cccc(F)c2Br)c(C)c1. The van der Waals surface area contributed by atoms with E-state index >= 15 is 0 Å². The van der Waals surface area contributed by atoms with E-state index in [9.17, 15) is 9.18 Å². The first-order valence-corrected chi connectivity index (χ1v) is 6.61. The van der Waals surface area contributed by atoms with Gasteiger partial charge in [-0.2, -0.15) is 0 Å². The minimum atomic E-state index is -0.451. The van der Waals surface area contributed by atoms with E-state index in [0.29, 0.717) is 0 Å². The number of rotatable bonds is 2. The molecule has 0 heterocycles. The Balaban J connectivity index is 2.28. The van der Waals surface area contributed by atoms with E-state index in [4.69, 9.17) is 0 Å². The van der Waals surface area contributed by atoms with E-state index in [0.717, 1.165) is 16.8 Å². The number of anilines is 1. The lowest BCUT2D eigenvalue weighted by atomic mass is 10.1. The largest absolute Gasteiger partial charge is 0.322 e. The minimum Gasteiger partial charge on any atom is -0.322 e. The van der Waals surface area contributed by atoms with E-state index in [2.05, 4.69) is 21.2 Å². The summed E-state index contributed by atoms with van der Waals surface area (Å²) >= 11 is 3.09. The summed E-state index contributed by atoms with van der Waals surface area (Å²) in [4.78, 5) is 12.1. The van der Waals surface area contributed by atoms with Gasteiger partial charge in [-0.15, -0.1) is 0 Å². The highest BCUT2D eigenvalue weighted by molar-refractivity contribution is 9.10. The molecule has 2 aromatic carbocycles. The molecule has 2 rings (SSSR count). The molecule has 4 heteroatoms. The van der Waals surface area contributed by atoms with Crippen LogP contribution in [-0.2, 0) is 0 Å². The first kappa shape index (κ1) is 13.7. The highest BCUT2D eigenvalue weighted by Crippen LogP contribution is 2.23. The zero-order valence-electron chi connectivity index (χ0n) is 10.6. The Morgan fingerprint density at radius 2 is 1.95 bits per heavy atom. The molecule has 0 atom stereocenters. The van der Waals surface area contributed by atoms with Gasteiger partial charge in [0.15, 0.2) is 0 Å². The summed E-state index contributed by atoms with van der Waals surface area (Å²) in [6.45, 7) is 3.91. The van der Waals surface area contributed by atoms with Crippen LogP contribution in [0.3, 0.4) is 0 Å². The van der Waals surface area contributed by atoms with Crippen molar-refractivity contribution in [3.63, 3.8) is 0 Å². The van der Waals surface area contributed by atoms with E-state index in [1.165, 1.54) is 12.1 Å². The first-order valence-electron chi connectivity index (χ1n) is 5.81. The summed E-state index contributed by atoms with van der Waals surface area (Å²) in [5.41, 5.74) is 3.11. The molecule has 2 nitrogen and oxygen atoms in total. The summed E-state index contributed by atoms with van der Waals surface area (Å²) in [6.07, 6.45) is 0. The van der Waals surface area contributed by atoms with Crippen LogP contribution in [0.1, 0.15) is 21.5 Å². The van der Waals surface area contributed by atoms with Gasteiger partial charge in [-0.3, -0.25) is 4.79 Å². The van der Waals surface area contributed by atoms with E-state index in [1.54, 1.807) is 6.07 Å². The third-order valence-corrected chi connectivity index (χ3v) is 3.63. The molecule has 0 saturated carbocycles. The van der Waals surface area contributed by atoms with E-state index in [-0.39, 0.29) is 15.9 Å². The molecule has 0 spiro atoms. The van der Waals surface area contributed by atoms with Gasteiger partial charge >= 0.3 is 0 Å². The van der Waals surface area contributed by atoms with Gasteiger partial charge in [0.25, 0.3) is 5.91 Å². The molecule has 98 valence electrons. The molecule has 19 heavy (non-hydrogen) atoms. The number of benzene rings is 2. The lowest BCUT2D eigenvalue weighted by Crippen LogP contribution is -2.14. The Bertz CT molecular complexity index is 640. The Kier molecular flexibility index (Phi) is 4.00. The quantitative estimate of drug-likeness (QED) is 0.869. The van der Waals surface area contributed by atoms with Crippen LogP contribution in [-0.4, -0.2) is 5.91 Å². The van der Waals surface area contributed by atoms with Crippen molar-refractivity contribution in [3.05, 3.63) is 63.4 Å². The van der Waals surface area contributed by atoms with Crippen molar-refractivity contribution in [2.45, 2.75) is 13.8 Å². The maximum atomic E-state index is 13.4. The van der Waals surface area contributed by atoms with Crippen molar-refractivity contribution >= 4 is 27.5 Å². The fourth-order valence-electron chi connectivity index (χ4n) is 1.82. The third-order valence-electron chi connectivity index (χ3n) is 2.83. The van der Waals surface area contributed by atoms with Gasteiger partial charge in [-0.25, -0.2) is 4.39 Å². The molecule has 0 unspecified atom stereocenters. The fourth-order valence-corrected chi connectivity index (χ4v) is 2.27. The molecule has 1 amide bonds. The second-order valence-corrected chi connectivity index (χ2v) is 5.17. The smallest absolute Gasteiger partial charge is 0.256 e. The predicted molar refractivity (Wildman–Crippen MR) is 78.0 cm³/mol. The van der Waals surface area contributed by atoms with Crippen molar-refractivity contribution in [3.8, 4) is 0 Å². The van der Waals surface area contributed by atoms with Crippen LogP contribution in [0.5, 0.6) is 0 Å². The number of carbonyl (C=O) groups excluding carboxylic acids is 1. The molecule has 0 aliphatic heterocycles. The van der Waals surface area contributed by atoms with Gasteiger partial charge in [0.1, 0.15) is 5.82 Å². The van der Waals surface area contributed by atoms with Crippen LogP contribution in [0.2, 0.25) is 0 Å². The van der Waals surface area contributed by atoms with Crippen LogP contribution >= 0.6 is 15.9 Å². The maximum Gasteiger partial charge on any atom is 0.256 e. The van der Waals surface area contributed by atoms with E-state index in [1.807, 2.05) is 32.0 Å². The number of halogens is 2.